The lowest BCUT2D eigenvalue weighted by Gasteiger charge is -2.18. The van der Waals surface area contributed by atoms with Crippen LogP contribution in [0, 0.1) is 18.8 Å². The molecule has 18 heavy (non-hydrogen) atoms. The fourth-order valence-electron chi connectivity index (χ4n) is 2.09. The molecule has 1 aromatic rings. The first-order valence-electron chi connectivity index (χ1n) is 6.23. The molecule has 0 spiro atoms. The number of amides is 1. The van der Waals surface area contributed by atoms with E-state index in [-0.39, 0.29) is 12.5 Å². The fourth-order valence-corrected chi connectivity index (χ4v) is 2.09. The zero-order chi connectivity index (χ0) is 13.0. The van der Waals surface area contributed by atoms with Crippen LogP contribution < -0.4 is 4.90 Å². The minimum absolute atomic E-state index is 0.0663. The van der Waals surface area contributed by atoms with Crippen molar-refractivity contribution in [1.82, 2.24) is 0 Å². The number of anilines is 1. The van der Waals surface area contributed by atoms with Gasteiger partial charge in [-0.15, -0.1) is 0 Å². The predicted octanol–water partition coefficient (Wildman–Crippen LogP) is 1.86. The maximum absolute atomic E-state index is 11.8. The molecule has 1 N–H and O–H groups in total. The first-order chi connectivity index (χ1) is 8.72. The van der Waals surface area contributed by atoms with Crippen molar-refractivity contribution in [2.45, 2.75) is 26.2 Å². The molecule has 94 valence electrons. The summed E-state index contributed by atoms with van der Waals surface area (Å²) in [6, 6.07) is 5.94. The van der Waals surface area contributed by atoms with E-state index >= 15 is 0 Å². The quantitative estimate of drug-likeness (QED) is 0.805. The average Bonchev–Trinajstić information content (AvgIpc) is 2.77. The molecule has 0 saturated carbocycles. The summed E-state index contributed by atoms with van der Waals surface area (Å²) in [6.45, 7) is 2.85. The number of rotatable bonds is 2. The van der Waals surface area contributed by atoms with E-state index in [1.807, 2.05) is 30.0 Å². The Balaban J connectivity index is 2.35. The van der Waals surface area contributed by atoms with E-state index in [0.717, 1.165) is 29.8 Å². The molecule has 2 rings (SSSR count). The van der Waals surface area contributed by atoms with Gasteiger partial charge in [0.05, 0.1) is 12.3 Å². The summed E-state index contributed by atoms with van der Waals surface area (Å²) in [5.74, 6) is 6.12. The third-order valence-electron chi connectivity index (χ3n) is 2.98. The van der Waals surface area contributed by atoms with Crippen LogP contribution in [-0.2, 0) is 4.79 Å². The van der Waals surface area contributed by atoms with Gasteiger partial charge in [0.1, 0.15) is 0 Å². The second-order valence-corrected chi connectivity index (χ2v) is 4.44. The Morgan fingerprint density at radius 2 is 2.28 bits per heavy atom. The number of carbonyl (C=O) groups is 1. The van der Waals surface area contributed by atoms with Crippen LogP contribution in [0.15, 0.2) is 18.2 Å². The average molecular weight is 243 g/mol. The second-order valence-electron chi connectivity index (χ2n) is 4.44. The lowest BCUT2D eigenvalue weighted by molar-refractivity contribution is -0.117. The van der Waals surface area contributed by atoms with E-state index in [9.17, 15) is 4.79 Å². The largest absolute Gasteiger partial charge is 0.395 e. The maximum atomic E-state index is 11.8. The van der Waals surface area contributed by atoms with Crippen LogP contribution in [0.3, 0.4) is 0 Å². The Kier molecular flexibility index (Phi) is 4.01. The topological polar surface area (TPSA) is 40.5 Å². The highest BCUT2D eigenvalue weighted by molar-refractivity contribution is 5.96. The summed E-state index contributed by atoms with van der Waals surface area (Å²) in [5, 5.41) is 8.74. The van der Waals surface area contributed by atoms with Gasteiger partial charge in [0.25, 0.3) is 0 Å². The van der Waals surface area contributed by atoms with Crippen LogP contribution in [0.2, 0.25) is 0 Å². The van der Waals surface area contributed by atoms with E-state index in [0.29, 0.717) is 12.8 Å². The molecule has 1 amide bonds. The molecule has 0 bridgehead atoms. The second kappa shape index (κ2) is 5.70. The summed E-state index contributed by atoms with van der Waals surface area (Å²) >= 11 is 0. The SMILES string of the molecule is Cc1ccc(C#CCCO)c(N2CCCC2=O)c1. The molecule has 1 saturated heterocycles. The standard InChI is InChI=1S/C15H17NO2/c1-12-7-8-13(5-2-3-10-17)14(11-12)16-9-4-6-15(16)18/h7-8,11,17H,3-4,6,9-10H2,1H3. The zero-order valence-corrected chi connectivity index (χ0v) is 10.6. The highest BCUT2D eigenvalue weighted by Gasteiger charge is 2.23. The molecular formula is C15H17NO2. The minimum Gasteiger partial charge on any atom is -0.395 e. The normalized spacial score (nSPS) is 14.6. The van der Waals surface area contributed by atoms with Crippen LogP contribution in [0.4, 0.5) is 5.69 Å². The molecule has 0 aromatic heterocycles. The van der Waals surface area contributed by atoms with Gasteiger partial charge < -0.3 is 10.0 Å². The third kappa shape index (κ3) is 2.72. The number of aliphatic hydroxyl groups is 1. The molecule has 0 aliphatic carbocycles. The van der Waals surface area contributed by atoms with Crippen molar-refractivity contribution in [1.29, 1.82) is 0 Å². The van der Waals surface area contributed by atoms with E-state index in [1.54, 1.807) is 0 Å². The van der Waals surface area contributed by atoms with E-state index in [2.05, 4.69) is 11.8 Å². The molecule has 1 aliphatic rings. The Hall–Kier alpha value is -1.79. The van der Waals surface area contributed by atoms with Crippen LogP contribution in [-0.4, -0.2) is 24.2 Å². The van der Waals surface area contributed by atoms with Gasteiger partial charge in [0.15, 0.2) is 0 Å². The number of carbonyl (C=O) groups excluding carboxylic acids is 1. The molecule has 1 aliphatic heterocycles. The smallest absolute Gasteiger partial charge is 0.227 e. The number of benzene rings is 1. The summed E-state index contributed by atoms with van der Waals surface area (Å²) in [5.41, 5.74) is 2.89. The van der Waals surface area contributed by atoms with Gasteiger partial charge in [0.2, 0.25) is 5.91 Å². The van der Waals surface area contributed by atoms with Crippen molar-refractivity contribution < 1.29 is 9.90 Å². The number of hydrogen-bond acceptors (Lipinski definition) is 2. The van der Waals surface area contributed by atoms with Gasteiger partial charge in [-0.05, 0) is 31.0 Å². The van der Waals surface area contributed by atoms with Crippen molar-refractivity contribution in [3.05, 3.63) is 29.3 Å². The minimum atomic E-state index is 0.0663. The molecule has 1 heterocycles. The maximum Gasteiger partial charge on any atom is 0.227 e. The van der Waals surface area contributed by atoms with Crippen LogP contribution in [0.5, 0.6) is 0 Å². The Morgan fingerprint density at radius 3 is 2.94 bits per heavy atom. The van der Waals surface area contributed by atoms with Crippen molar-refractivity contribution in [2.24, 2.45) is 0 Å². The van der Waals surface area contributed by atoms with Crippen molar-refractivity contribution in [2.75, 3.05) is 18.1 Å². The Labute approximate surface area is 107 Å². The monoisotopic (exact) mass is 243 g/mol. The van der Waals surface area contributed by atoms with Crippen molar-refractivity contribution >= 4 is 11.6 Å². The van der Waals surface area contributed by atoms with E-state index in [1.165, 1.54) is 0 Å². The molecule has 3 heteroatoms. The van der Waals surface area contributed by atoms with Crippen molar-refractivity contribution in [3.8, 4) is 11.8 Å². The summed E-state index contributed by atoms with van der Waals surface area (Å²) in [7, 11) is 0. The molecule has 0 radical (unpaired) electrons. The Morgan fingerprint density at radius 1 is 1.44 bits per heavy atom. The molecule has 1 fully saturated rings. The highest BCUT2D eigenvalue weighted by atomic mass is 16.2. The van der Waals surface area contributed by atoms with Gasteiger partial charge in [-0.25, -0.2) is 0 Å². The Bertz CT molecular complexity index is 511. The molecular weight excluding hydrogens is 226 g/mol. The lowest BCUT2D eigenvalue weighted by atomic mass is 10.1. The fraction of sp³-hybridized carbons (Fsp3) is 0.400. The first-order valence-corrected chi connectivity index (χ1v) is 6.23. The van der Waals surface area contributed by atoms with Crippen molar-refractivity contribution in [3.63, 3.8) is 0 Å². The van der Waals surface area contributed by atoms with E-state index < -0.39 is 0 Å². The van der Waals surface area contributed by atoms with Crippen LogP contribution >= 0.6 is 0 Å². The molecule has 3 nitrogen and oxygen atoms in total. The zero-order valence-electron chi connectivity index (χ0n) is 10.6. The van der Waals surface area contributed by atoms with Gasteiger partial charge in [0, 0.05) is 24.9 Å². The molecule has 0 unspecified atom stereocenters. The van der Waals surface area contributed by atoms with Gasteiger partial charge in [-0.2, -0.15) is 0 Å². The van der Waals surface area contributed by atoms with Gasteiger partial charge in [-0.3, -0.25) is 4.79 Å². The number of aryl methyl sites for hydroxylation is 1. The number of nitrogens with zero attached hydrogens (tertiary/aromatic N) is 1. The van der Waals surface area contributed by atoms with E-state index in [4.69, 9.17) is 5.11 Å². The first kappa shape index (κ1) is 12.7. The number of hydrogen-bond donors (Lipinski definition) is 1. The predicted molar refractivity (Wildman–Crippen MR) is 71.3 cm³/mol. The van der Waals surface area contributed by atoms with Gasteiger partial charge in [-0.1, -0.05) is 17.9 Å². The third-order valence-corrected chi connectivity index (χ3v) is 2.98. The number of aliphatic hydroxyl groups excluding tert-OH is 1. The van der Waals surface area contributed by atoms with Crippen LogP contribution in [0.25, 0.3) is 0 Å². The van der Waals surface area contributed by atoms with Crippen LogP contribution in [0.1, 0.15) is 30.4 Å². The summed E-state index contributed by atoms with van der Waals surface area (Å²) in [6.07, 6.45) is 2.00. The molecule has 0 atom stereocenters. The lowest BCUT2D eigenvalue weighted by Crippen LogP contribution is -2.24. The summed E-state index contributed by atoms with van der Waals surface area (Å²) in [4.78, 5) is 13.6. The highest BCUT2D eigenvalue weighted by Crippen LogP contribution is 2.26. The van der Waals surface area contributed by atoms with Gasteiger partial charge >= 0.3 is 0 Å². The molecule has 1 aromatic carbocycles. The summed E-state index contributed by atoms with van der Waals surface area (Å²) < 4.78 is 0.